The Kier molecular flexibility index (Phi) is 10.3. The molecule has 154 valence electrons. The molecule has 0 heterocycles. The molecule has 1 aromatic rings. The number of rotatable bonds is 11. The van der Waals surface area contributed by atoms with Gasteiger partial charge in [0.25, 0.3) is 5.91 Å². The molecule has 0 spiro atoms. The van der Waals surface area contributed by atoms with Crippen LogP contribution < -0.4 is 15.4 Å². The monoisotopic (exact) mass is 392 g/mol. The lowest BCUT2D eigenvalue weighted by atomic mass is 10.1. The summed E-state index contributed by atoms with van der Waals surface area (Å²) in [6.07, 6.45) is 0.702. The van der Waals surface area contributed by atoms with E-state index in [0.29, 0.717) is 24.5 Å². The third-order valence-electron chi connectivity index (χ3n) is 3.49. The minimum atomic E-state index is -0.733. The van der Waals surface area contributed by atoms with Crippen molar-refractivity contribution in [3.63, 3.8) is 0 Å². The molecule has 0 aliphatic heterocycles. The first-order chi connectivity index (χ1) is 13.3. The van der Waals surface area contributed by atoms with E-state index in [2.05, 4.69) is 10.6 Å². The molecular formula is C20H28N2O6. The van der Waals surface area contributed by atoms with Gasteiger partial charge in [-0.15, -0.1) is 0 Å². The lowest BCUT2D eigenvalue weighted by Crippen LogP contribution is -2.42. The van der Waals surface area contributed by atoms with E-state index in [-0.39, 0.29) is 24.5 Å². The van der Waals surface area contributed by atoms with E-state index in [9.17, 15) is 19.2 Å². The topological polar surface area (TPSA) is 111 Å². The molecule has 0 aromatic heterocycles. The average molecular weight is 392 g/mol. The quantitative estimate of drug-likeness (QED) is 0.442. The van der Waals surface area contributed by atoms with Gasteiger partial charge < -0.3 is 14.8 Å². The number of Topliss-reactive ketones (excluding diaryl/α,β-unsaturated/α-hetero) is 1. The fourth-order valence-corrected chi connectivity index (χ4v) is 2.04. The van der Waals surface area contributed by atoms with E-state index in [4.69, 9.17) is 9.47 Å². The predicted octanol–water partition coefficient (Wildman–Crippen LogP) is 2.46. The zero-order chi connectivity index (χ0) is 20.9. The van der Waals surface area contributed by atoms with Gasteiger partial charge in [-0.2, -0.15) is 0 Å². The van der Waals surface area contributed by atoms with E-state index < -0.39 is 24.5 Å². The number of hydrogen-bond acceptors (Lipinski definition) is 6. The van der Waals surface area contributed by atoms with Crippen molar-refractivity contribution >= 4 is 23.7 Å². The Morgan fingerprint density at radius 1 is 1.04 bits per heavy atom. The maximum absolute atomic E-state index is 12.1. The van der Waals surface area contributed by atoms with Crippen LogP contribution in [0.25, 0.3) is 0 Å². The second-order valence-corrected chi connectivity index (χ2v) is 6.61. The summed E-state index contributed by atoms with van der Waals surface area (Å²) < 4.78 is 10.2. The van der Waals surface area contributed by atoms with Gasteiger partial charge in [-0.05, 0) is 36.6 Å². The summed E-state index contributed by atoms with van der Waals surface area (Å²) >= 11 is 0. The highest BCUT2D eigenvalue weighted by atomic mass is 16.5. The Hall–Kier alpha value is -2.90. The van der Waals surface area contributed by atoms with E-state index in [1.165, 1.54) is 0 Å². The van der Waals surface area contributed by atoms with Crippen LogP contribution in [-0.2, 0) is 14.3 Å². The van der Waals surface area contributed by atoms with Gasteiger partial charge >= 0.3 is 12.0 Å². The highest BCUT2D eigenvalue weighted by Crippen LogP contribution is 2.14. The van der Waals surface area contributed by atoms with Crippen molar-refractivity contribution in [2.24, 2.45) is 5.92 Å². The number of hydrogen-bond donors (Lipinski definition) is 2. The van der Waals surface area contributed by atoms with Crippen molar-refractivity contribution in [2.75, 3.05) is 19.8 Å². The molecule has 0 bridgehead atoms. The number of ether oxygens (including phenoxy) is 2. The Bertz CT molecular complexity index is 670. The maximum Gasteiger partial charge on any atom is 0.321 e. The van der Waals surface area contributed by atoms with Crippen LogP contribution in [0.15, 0.2) is 24.3 Å². The Morgan fingerprint density at radius 3 is 2.32 bits per heavy atom. The van der Waals surface area contributed by atoms with Gasteiger partial charge in [0.15, 0.2) is 12.4 Å². The number of carbonyl (C=O) groups excluding carboxylic acids is 4. The molecule has 1 aromatic carbocycles. The van der Waals surface area contributed by atoms with Crippen LogP contribution in [0.3, 0.4) is 0 Å². The molecule has 0 radical (unpaired) electrons. The molecule has 28 heavy (non-hydrogen) atoms. The van der Waals surface area contributed by atoms with Gasteiger partial charge in [0, 0.05) is 18.5 Å². The van der Waals surface area contributed by atoms with Crippen LogP contribution in [0.2, 0.25) is 0 Å². The van der Waals surface area contributed by atoms with Crippen molar-refractivity contribution < 1.29 is 28.7 Å². The van der Waals surface area contributed by atoms with Crippen LogP contribution in [0, 0.1) is 5.92 Å². The minimum Gasteiger partial charge on any atom is -0.494 e. The zero-order valence-electron chi connectivity index (χ0n) is 16.6. The SMILES string of the molecule is CCCOc1ccc(C(=O)CCC(=O)OCC(=O)NC(=O)NCC(C)C)cc1. The standard InChI is InChI=1S/C20H28N2O6/c1-4-11-27-16-7-5-15(6-8-16)17(23)9-10-19(25)28-13-18(24)22-20(26)21-12-14(2)3/h5-8,14H,4,9-13H2,1-3H3,(H2,21,22,24,26). The molecule has 0 saturated heterocycles. The summed E-state index contributed by atoms with van der Waals surface area (Å²) in [6, 6.07) is 6.05. The van der Waals surface area contributed by atoms with Crippen molar-refractivity contribution in [3.05, 3.63) is 29.8 Å². The lowest BCUT2D eigenvalue weighted by molar-refractivity contribution is -0.148. The van der Waals surface area contributed by atoms with E-state index in [1.54, 1.807) is 24.3 Å². The van der Waals surface area contributed by atoms with Crippen LogP contribution in [0.4, 0.5) is 4.79 Å². The van der Waals surface area contributed by atoms with E-state index in [1.807, 2.05) is 20.8 Å². The van der Waals surface area contributed by atoms with Gasteiger partial charge in [-0.25, -0.2) is 4.79 Å². The number of amides is 3. The summed E-state index contributed by atoms with van der Waals surface area (Å²) in [5.41, 5.74) is 0.469. The first-order valence-corrected chi connectivity index (χ1v) is 9.31. The van der Waals surface area contributed by atoms with E-state index in [0.717, 1.165) is 6.42 Å². The molecule has 0 atom stereocenters. The maximum atomic E-state index is 12.1. The average Bonchev–Trinajstić information content (AvgIpc) is 2.67. The fraction of sp³-hybridized carbons (Fsp3) is 0.500. The number of benzene rings is 1. The highest BCUT2D eigenvalue weighted by molar-refractivity contribution is 5.98. The number of esters is 1. The fourth-order valence-electron chi connectivity index (χ4n) is 2.04. The number of nitrogens with one attached hydrogen (secondary N) is 2. The number of carbonyl (C=O) groups is 4. The molecule has 0 saturated carbocycles. The molecular weight excluding hydrogens is 364 g/mol. The van der Waals surface area contributed by atoms with Gasteiger partial charge in [0.05, 0.1) is 13.0 Å². The first-order valence-electron chi connectivity index (χ1n) is 9.31. The van der Waals surface area contributed by atoms with Gasteiger partial charge in [0.2, 0.25) is 0 Å². The summed E-state index contributed by atoms with van der Waals surface area (Å²) in [5.74, 6) is -0.702. The summed E-state index contributed by atoms with van der Waals surface area (Å²) in [4.78, 5) is 46.7. The lowest BCUT2D eigenvalue weighted by Gasteiger charge is -2.09. The largest absolute Gasteiger partial charge is 0.494 e. The first kappa shape index (κ1) is 23.1. The summed E-state index contributed by atoms with van der Waals surface area (Å²) in [5, 5.41) is 4.57. The van der Waals surface area contributed by atoms with Crippen LogP contribution in [0.5, 0.6) is 5.75 Å². The molecule has 3 amide bonds. The van der Waals surface area contributed by atoms with Crippen LogP contribution in [0.1, 0.15) is 50.4 Å². The van der Waals surface area contributed by atoms with Gasteiger partial charge in [0.1, 0.15) is 5.75 Å². The highest BCUT2D eigenvalue weighted by Gasteiger charge is 2.13. The van der Waals surface area contributed by atoms with Crippen LogP contribution >= 0.6 is 0 Å². The molecule has 8 heteroatoms. The molecule has 8 nitrogen and oxygen atoms in total. The number of imide groups is 1. The molecule has 2 N–H and O–H groups in total. The number of ketones is 1. The summed E-state index contributed by atoms with van der Waals surface area (Å²) in [7, 11) is 0. The normalized spacial score (nSPS) is 10.3. The van der Waals surface area contributed by atoms with Crippen LogP contribution in [-0.4, -0.2) is 43.4 Å². The minimum absolute atomic E-state index is 0.0372. The molecule has 0 aliphatic carbocycles. The Morgan fingerprint density at radius 2 is 1.71 bits per heavy atom. The van der Waals surface area contributed by atoms with Crippen molar-refractivity contribution in [1.82, 2.24) is 10.6 Å². The predicted molar refractivity (Wildman–Crippen MR) is 103 cm³/mol. The van der Waals surface area contributed by atoms with Gasteiger partial charge in [-0.1, -0.05) is 20.8 Å². The van der Waals surface area contributed by atoms with Crippen molar-refractivity contribution in [3.8, 4) is 5.75 Å². The molecule has 0 fully saturated rings. The Balaban J connectivity index is 2.29. The molecule has 0 unspecified atom stereocenters. The van der Waals surface area contributed by atoms with E-state index >= 15 is 0 Å². The van der Waals surface area contributed by atoms with Crippen molar-refractivity contribution in [1.29, 1.82) is 0 Å². The Labute approximate surface area is 165 Å². The third-order valence-corrected chi connectivity index (χ3v) is 3.49. The third kappa shape index (κ3) is 9.70. The second kappa shape index (κ2) is 12.5. The molecule has 1 rings (SSSR count). The number of urea groups is 1. The zero-order valence-corrected chi connectivity index (χ0v) is 16.6. The summed E-state index contributed by atoms with van der Waals surface area (Å²) in [6.45, 7) is 6.28. The molecule has 0 aliphatic rings. The smallest absolute Gasteiger partial charge is 0.321 e. The van der Waals surface area contributed by atoms with Gasteiger partial charge in [-0.3, -0.25) is 19.7 Å². The second-order valence-electron chi connectivity index (χ2n) is 6.61. The van der Waals surface area contributed by atoms with Crippen molar-refractivity contribution in [2.45, 2.75) is 40.0 Å².